The summed E-state index contributed by atoms with van der Waals surface area (Å²) in [4.78, 5) is 9.01. The summed E-state index contributed by atoms with van der Waals surface area (Å²) in [5.74, 6) is 1.35. The monoisotopic (exact) mass is 512 g/mol. The highest BCUT2D eigenvalue weighted by Crippen LogP contribution is 2.26. The minimum Gasteiger partial charge on any atom is -0.497 e. The quantitative estimate of drug-likeness (QED) is 0.329. The van der Waals surface area contributed by atoms with Crippen LogP contribution in [0.5, 0.6) is 11.5 Å². The van der Waals surface area contributed by atoms with E-state index in [1.165, 1.54) is 13.2 Å². The first-order chi connectivity index (χ1) is 13.0. The zero-order valence-electron chi connectivity index (χ0n) is 17.0. The average Bonchev–Trinajstić information content (AvgIpc) is 3.13. The fraction of sp³-hybridized carbons (Fsp3) is 0.632. The van der Waals surface area contributed by atoms with Gasteiger partial charge in [-0.15, -0.1) is 24.0 Å². The van der Waals surface area contributed by atoms with Crippen LogP contribution in [-0.4, -0.2) is 68.7 Å². The van der Waals surface area contributed by atoms with Gasteiger partial charge in [-0.3, -0.25) is 9.89 Å². The summed E-state index contributed by atoms with van der Waals surface area (Å²) in [6.07, 6.45) is 1.09. The Morgan fingerprint density at radius 1 is 1.36 bits per heavy atom. The lowest BCUT2D eigenvalue weighted by Crippen LogP contribution is -2.43. The summed E-state index contributed by atoms with van der Waals surface area (Å²) in [6.45, 7) is 5.69. The molecule has 0 spiro atoms. The summed E-state index contributed by atoms with van der Waals surface area (Å²) in [5, 5.41) is 3.27. The summed E-state index contributed by atoms with van der Waals surface area (Å²) in [7, 11) is 3.22. The molecule has 6 nitrogen and oxygen atoms in total. The van der Waals surface area contributed by atoms with E-state index in [0.717, 1.165) is 38.6 Å². The van der Waals surface area contributed by atoms with Crippen molar-refractivity contribution in [3.8, 4) is 11.5 Å². The Bertz CT molecular complexity index is 630. The number of halogens is 3. The van der Waals surface area contributed by atoms with E-state index < -0.39 is 6.61 Å². The number of hydrogen-bond acceptors (Lipinski definition) is 4. The number of likely N-dealkylation sites (N-methyl/N-ethyl adjacent to an activating group) is 1. The molecule has 0 bridgehead atoms. The van der Waals surface area contributed by atoms with Crippen LogP contribution in [0.4, 0.5) is 8.78 Å². The highest BCUT2D eigenvalue weighted by molar-refractivity contribution is 14.0. The zero-order valence-corrected chi connectivity index (χ0v) is 19.3. The third kappa shape index (κ3) is 6.61. The van der Waals surface area contributed by atoms with E-state index in [-0.39, 0.29) is 29.7 Å². The van der Waals surface area contributed by atoms with Crippen molar-refractivity contribution in [1.29, 1.82) is 0 Å². The molecule has 1 aliphatic heterocycles. The second kappa shape index (κ2) is 12.3. The van der Waals surface area contributed by atoms with Crippen LogP contribution in [0.15, 0.2) is 23.2 Å². The van der Waals surface area contributed by atoms with Crippen LogP contribution in [0, 0.1) is 0 Å². The third-order valence-electron chi connectivity index (χ3n) is 4.93. The smallest absolute Gasteiger partial charge is 0.387 e. The first-order valence-electron chi connectivity index (χ1n) is 9.33. The number of ether oxygens (including phenoxy) is 2. The predicted octanol–water partition coefficient (Wildman–Crippen LogP) is 3.41. The molecule has 1 unspecified atom stereocenters. The molecule has 1 heterocycles. The van der Waals surface area contributed by atoms with Gasteiger partial charge < -0.3 is 19.7 Å². The number of likely N-dealkylation sites (tertiary alicyclic amines) is 1. The van der Waals surface area contributed by atoms with Crippen LogP contribution >= 0.6 is 24.0 Å². The van der Waals surface area contributed by atoms with Gasteiger partial charge >= 0.3 is 6.61 Å². The third-order valence-corrected chi connectivity index (χ3v) is 4.93. The number of nitrogens with zero attached hydrogens (tertiary/aromatic N) is 3. The standard InChI is InChI=1S/C19H30F2N4O2.HI/c1-5-24(6-2)15-9-10-25(13-15)19(22-3)23-12-14-7-8-16(26-4)11-17(14)27-18(20)21;/h7-8,11,15,18H,5-6,9-10,12-13H2,1-4H3,(H,22,23);1H. The van der Waals surface area contributed by atoms with Gasteiger partial charge in [0.1, 0.15) is 11.5 Å². The number of nitrogens with one attached hydrogen (secondary N) is 1. The first kappa shape index (κ1) is 24.7. The second-order valence-electron chi connectivity index (χ2n) is 6.36. The Balaban J connectivity index is 0.00000392. The minimum absolute atomic E-state index is 0. The number of rotatable bonds is 8. The maximum atomic E-state index is 12.7. The molecule has 2 rings (SSSR count). The predicted molar refractivity (Wildman–Crippen MR) is 118 cm³/mol. The van der Waals surface area contributed by atoms with E-state index in [0.29, 0.717) is 23.9 Å². The molecule has 1 atom stereocenters. The lowest BCUT2D eigenvalue weighted by Gasteiger charge is -2.27. The Morgan fingerprint density at radius 3 is 2.64 bits per heavy atom. The molecule has 1 fully saturated rings. The van der Waals surface area contributed by atoms with Crippen LogP contribution in [-0.2, 0) is 6.54 Å². The summed E-state index contributed by atoms with van der Waals surface area (Å²) in [5.41, 5.74) is 0.622. The summed E-state index contributed by atoms with van der Waals surface area (Å²) in [6, 6.07) is 5.43. The van der Waals surface area contributed by atoms with Crippen molar-refractivity contribution in [2.75, 3.05) is 40.3 Å². The number of aliphatic imine (C=N–C) groups is 1. The molecule has 1 aliphatic rings. The van der Waals surface area contributed by atoms with Crippen LogP contribution in [0.2, 0.25) is 0 Å². The van der Waals surface area contributed by atoms with Crippen LogP contribution in [0.3, 0.4) is 0 Å². The molecule has 0 saturated carbocycles. The van der Waals surface area contributed by atoms with E-state index in [1.54, 1.807) is 19.2 Å². The van der Waals surface area contributed by atoms with Gasteiger partial charge in [-0.2, -0.15) is 8.78 Å². The number of alkyl halides is 2. The molecular formula is C19H31F2IN4O2. The molecule has 0 amide bonds. The molecular weight excluding hydrogens is 481 g/mol. The molecule has 0 aliphatic carbocycles. The number of benzene rings is 1. The van der Waals surface area contributed by atoms with Crippen molar-refractivity contribution in [2.24, 2.45) is 4.99 Å². The van der Waals surface area contributed by atoms with E-state index in [2.05, 4.69) is 38.7 Å². The van der Waals surface area contributed by atoms with Crippen LogP contribution in [0.25, 0.3) is 0 Å². The van der Waals surface area contributed by atoms with Crippen molar-refractivity contribution in [3.63, 3.8) is 0 Å². The highest BCUT2D eigenvalue weighted by Gasteiger charge is 2.28. The Kier molecular flexibility index (Phi) is 10.8. The zero-order chi connectivity index (χ0) is 19.8. The molecule has 1 aromatic carbocycles. The Hall–Kier alpha value is -1.36. The van der Waals surface area contributed by atoms with Gasteiger partial charge in [0.15, 0.2) is 5.96 Å². The van der Waals surface area contributed by atoms with Gasteiger partial charge in [-0.1, -0.05) is 13.8 Å². The molecule has 0 radical (unpaired) electrons. The Morgan fingerprint density at radius 2 is 2.07 bits per heavy atom. The molecule has 1 N–H and O–H groups in total. The topological polar surface area (TPSA) is 49.3 Å². The van der Waals surface area contributed by atoms with Crippen LogP contribution < -0.4 is 14.8 Å². The van der Waals surface area contributed by atoms with E-state index in [1.807, 2.05) is 0 Å². The van der Waals surface area contributed by atoms with E-state index >= 15 is 0 Å². The van der Waals surface area contributed by atoms with E-state index in [9.17, 15) is 8.78 Å². The van der Waals surface area contributed by atoms with Crippen molar-refractivity contribution in [1.82, 2.24) is 15.1 Å². The van der Waals surface area contributed by atoms with Crippen molar-refractivity contribution >= 4 is 29.9 Å². The van der Waals surface area contributed by atoms with Crippen molar-refractivity contribution in [2.45, 2.75) is 39.5 Å². The van der Waals surface area contributed by atoms with Gasteiger partial charge in [-0.05, 0) is 31.6 Å². The number of methoxy groups -OCH3 is 1. The fourth-order valence-corrected chi connectivity index (χ4v) is 3.49. The van der Waals surface area contributed by atoms with Gasteiger partial charge in [-0.25, -0.2) is 0 Å². The second-order valence-corrected chi connectivity index (χ2v) is 6.36. The first-order valence-corrected chi connectivity index (χ1v) is 9.33. The molecule has 1 aromatic rings. The van der Waals surface area contributed by atoms with Gasteiger partial charge in [0, 0.05) is 44.4 Å². The Labute approximate surface area is 183 Å². The minimum atomic E-state index is -2.89. The molecule has 160 valence electrons. The van der Waals surface area contributed by atoms with Gasteiger partial charge in [0.05, 0.1) is 7.11 Å². The molecule has 28 heavy (non-hydrogen) atoms. The van der Waals surface area contributed by atoms with Crippen molar-refractivity contribution < 1.29 is 18.3 Å². The van der Waals surface area contributed by atoms with Crippen LogP contribution in [0.1, 0.15) is 25.8 Å². The number of hydrogen-bond donors (Lipinski definition) is 1. The fourth-order valence-electron chi connectivity index (χ4n) is 3.49. The highest BCUT2D eigenvalue weighted by atomic mass is 127. The normalized spacial score (nSPS) is 17.1. The SMILES string of the molecule is CCN(CC)C1CCN(C(=NC)NCc2ccc(OC)cc2OC(F)F)C1.I. The lowest BCUT2D eigenvalue weighted by atomic mass is 10.2. The lowest BCUT2D eigenvalue weighted by molar-refractivity contribution is -0.0505. The largest absolute Gasteiger partial charge is 0.497 e. The maximum Gasteiger partial charge on any atom is 0.387 e. The number of guanidine groups is 1. The molecule has 9 heteroatoms. The van der Waals surface area contributed by atoms with E-state index in [4.69, 9.17) is 4.74 Å². The summed E-state index contributed by atoms with van der Waals surface area (Å²) >= 11 is 0. The van der Waals surface area contributed by atoms with Gasteiger partial charge in [0.2, 0.25) is 0 Å². The molecule has 1 saturated heterocycles. The average molecular weight is 512 g/mol. The maximum absolute atomic E-state index is 12.7. The van der Waals surface area contributed by atoms with Crippen molar-refractivity contribution in [3.05, 3.63) is 23.8 Å². The van der Waals surface area contributed by atoms with Gasteiger partial charge in [0.25, 0.3) is 0 Å². The molecule has 0 aromatic heterocycles. The summed E-state index contributed by atoms with van der Waals surface area (Å²) < 4.78 is 35.2.